The SMILES string of the molecule is CCCN(CC(=O)NC)c1ccccc1C(=O)O. The number of nitrogens with zero attached hydrogens (tertiary/aromatic N) is 1. The topological polar surface area (TPSA) is 69.6 Å². The minimum atomic E-state index is -0.983. The molecule has 0 radical (unpaired) electrons. The average Bonchev–Trinajstić information content (AvgIpc) is 2.38. The summed E-state index contributed by atoms with van der Waals surface area (Å²) in [5.74, 6) is -1.12. The third kappa shape index (κ3) is 3.48. The summed E-state index contributed by atoms with van der Waals surface area (Å²) in [7, 11) is 1.57. The first kappa shape index (κ1) is 14.0. The van der Waals surface area contributed by atoms with E-state index in [4.69, 9.17) is 5.11 Å². The molecule has 0 heterocycles. The van der Waals surface area contributed by atoms with E-state index >= 15 is 0 Å². The van der Waals surface area contributed by atoms with Crippen molar-refractivity contribution in [2.24, 2.45) is 0 Å². The Morgan fingerprint density at radius 3 is 2.56 bits per heavy atom. The van der Waals surface area contributed by atoms with Crippen LogP contribution in [0.3, 0.4) is 0 Å². The number of hydrogen-bond acceptors (Lipinski definition) is 3. The van der Waals surface area contributed by atoms with Crippen molar-refractivity contribution >= 4 is 17.6 Å². The summed E-state index contributed by atoms with van der Waals surface area (Å²) in [6.07, 6.45) is 0.838. The molecule has 2 N–H and O–H groups in total. The number of amides is 1. The standard InChI is InChI=1S/C13H18N2O3/c1-3-8-15(9-12(16)14-2)11-7-5-4-6-10(11)13(17)18/h4-7H,3,8-9H2,1-2H3,(H,14,16)(H,17,18). The van der Waals surface area contributed by atoms with Crippen LogP contribution in [0.1, 0.15) is 23.7 Å². The van der Waals surface area contributed by atoms with Gasteiger partial charge in [0.15, 0.2) is 0 Å². The van der Waals surface area contributed by atoms with Crippen molar-refractivity contribution in [1.29, 1.82) is 0 Å². The number of para-hydroxylation sites is 1. The number of carboxylic acids is 1. The molecular weight excluding hydrogens is 232 g/mol. The molecule has 0 aromatic heterocycles. The van der Waals surface area contributed by atoms with Crippen molar-refractivity contribution in [1.82, 2.24) is 5.32 Å². The summed E-state index contributed by atoms with van der Waals surface area (Å²) >= 11 is 0. The number of carboxylic acid groups (broad SMARTS) is 1. The maximum atomic E-state index is 11.5. The lowest BCUT2D eigenvalue weighted by Gasteiger charge is -2.24. The van der Waals surface area contributed by atoms with Gasteiger partial charge in [0.2, 0.25) is 5.91 Å². The predicted molar refractivity (Wildman–Crippen MR) is 70.0 cm³/mol. The molecule has 0 fully saturated rings. The van der Waals surface area contributed by atoms with Crippen LogP contribution in [-0.2, 0) is 4.79 Å². The molecule has 0 saturated heterocycles. The van der Waals surface area contributed by atoms with Crippen molar-refractivity contribution in [3.8, 4) is 0 Å². The maximum absolute atomic E-state index is 11.5. The molecule has 18 heavy (non-hydrogen) atoms. The van der Waals surface area contributed by atoms with Crippen molar-refractivity contribution in [3.05, 3.63) is 29.8 Å². The lowest BCUT2D eigenvalue weighted by molar-refractivity contribution is -0.119. The Labute approximate surface area is 106 Å². The second-order valence-corrected chi connectivity index (χ2v) is 3.92. The van der Waals surface area contributed by atoms with E-state index in [2.05, 4.69) is 5.32 Å². The molecule has 1 amide bonds. The van der Waals surface area contributed by atoms with E-state index in [1.807, 2.05) is 6.92 Å². The van der Waals surface area contributed by atoms with E-state index in [0.717, 1.165) is 6.42 Å². The van der Waals surface area contributed by atoms with E-state index in [0.29, 0.717) is 12.2 Å². The quantitative estimate of drug-likeness (QED) is 0.799. The lowest BCUT2D eigenvalue weighted by atomic mass is 10.1. The second-order valence-electron chi connectivity index (χ2n) is 3.92. The zero-order valence-corrected chi connectivity index (χ0v) is 10.6. The third-order valence-electron chi connectivity index (χ3n) is 2.58. The highest BCUT2D eigenvalue weighted by molar-refractivity contribution is 5.95. The number of benzene rings is 1. The van der Waals surface area contributed by atoms with E-state index < -0.39 is 5.97 Å². The number of anilines is 1. The van der Waals surface area contributed by atoms with Crippen LogP contribution in [0.15, 0.2) is 24.3 Å². The normalized spacial score (nSPS) is 9.89. The zero-order chi connectivity index (χ0) is 13.5. The van der Waals surface area contributed by atoms with Crippen molar-refractivity contribution in [3.63, 3.8) is 0 Å². The van der Waals surface area contributed by atoms with Gasteiger partial charge in [-0.25, -0.2) is 4.79 Å². The zero-order valence-electron chi connectivity index (χ0n) is 10.6. The van der Waals surface area contributed by atoms with Crippen LogP contribution in [0, 0.1) is 0 Å². The van der Waals surface area contributed by atoms with Gasteiger partial charge in [-0.1, -0.05) is 19.1 Å². The van der Waals surface area contributed by atoms with Crippen LogP contribution in [0.2, 0.25) is 0 Å². The van der Waals surface area contributed by atoms with Crippen LogP contribution < -0.4 is 10.2 Å². The predicted octanol–water partition coefficient (Wildman–Crippen LogP) is 1.35. The molecule has 1 rings (SSSR count). The number of carbonyl (C=O) groups is 2. The van der Waals surface area contributed by atoms with Gasteiger partial charge in [0, 0.05) is 13.6 Å². The molecule has 5 heteroatoms. The van der Waals surface area contributed by atoms with Gasteiger partial charge in [0.05, 0.1) is 17.8 Å². The molecule has 0 bridgehead atoms. The molecule has 0 spiro atoms. The fourth-order valence-corrected chi connectivity index (χ4v) is 1.74. The first-order valence-electron chi connectivity index (χ1n) is 5.88. The van der Waals surface area contributed by atoms with Crippen LogP contribution in [0.4, 0.5) is 5.69 Å². The van der Waals surface area contributed by atoms with E-state index in [1.54, 1.807) is 36.2 Å². The molecule has 0 aliphatic heterocycles. The largest absolute Gasteiger partial charge is 0.478 e. The van der Waals surface area contributed by atoms with Crippen LogP contribution in [0.25, 0.3) is 0 Å². The second kappa shape index (κ2) is 6.64. The molecule has 0 aliphatic carbocycles. The highest BCUT2D eigenvalue weighted by Crippen LogP contribution is 2.20. The average molecular weight is 250 g/mol. The number of nitrogens with one attached hydrogen (secondary N) is 1. The minimum Gasteiger partial charge on any atom is -0.478 e. The highest BCUT2D eigenvalue weighted by atomic mass is 16.4. The minimum absolute atomic E-state index is 0.136. The lowest BCUT2D eigenvalue weighted by Crippen LogP contribution is -2.36. The molecule has 5 nitrogen and oxygen atoms in total. The first-order valence-corrected chi connectivity index (χ1v) is 5.88. The van der Waals surface area contributed by atoms with Gasteiger partial charge in [-0.2, -0.15) is 0 Å². The maximum Gasteiger partial charge on any atom is 0.337 e. The summed E-state index contributed by atoms with van der Waals surface area (Å²) < 4.78 is 0. The van der Waals surface area contributed by atoms with Crippen LogP contribution in [0.5, 0.6) is 0 Å². The Kier molecular flexibility index (Phi) is 5.17. The van der Waals surface area contributed by atoms with E-state index in [9.17, 15) is 9.59 Å². The molecule has 1 aromatic carbocycles. The van der Waals surface area contributed by atoms with Crippen molar-refractivity contribution < 1.29 is 14.7 Å². The Balaban J connectivity index is 3.04. The summed E-state index contributed by atoms with van der Waals surface area (Å²) in [6.45, 7) is 2.78. The molecule has 0 unspecified atom stereocenters. The van der Waals surface area contributed by atoms with E-state index in [-0.39, 0.29) is 18.0 Å². The van der Waals surface area contributed by atoms with Gasteiger partial charge in [-0.15, -0.1) is 0 Å². The number of likely N-dealkylation sites (N-methyl/N-ethyl adjacent to an activating group) is 1. The van der Waals surface area contributed by atoms with Gasteiger partial charge >= 0.3 is 5.97 Å². The van der Waals surface area contributed by atoms with Gasteiger partial charge in [-0.3, -0.25) is 4.79 Å². The first-order chi connectivity index (χ1) is 8.60. The fraction of sp³-hybridized carbons (Fsp3) is 0.385. The Morgan fingerprint density at radius 2 is 2.00 bits per heavy atom. The molecule has 1 aromatic rings. The van der Waals surface area contributed by atoms with Crippen molar-refractivity contribution in [2.45, 2.75) is 13.3 Å². The van der Waals surface area contributed by atoms with Crippen LogP contribution in [-0.4, -0.2) is 37.1 Å². The summed E-state index contributed by atoms with van der Waals surface area (Å²) in [5.41, 5.74) is 0.797. The highest BCUT2D eigenvalue weighted by Gasteiger charge is 2.16. The Bertz CT molecular complexity index is 432. The monoisotopic (exact) mass is 250 g/mol. The summed E-state index contributed by atoms with van der Waals surface area (Å²) in [4.78, 5) is 24.4. The smallest absolute Gasteiger partial charge is 0.337 e. The molecule has 0 aliphatic rings. The summed E-state index contributed by atoms with van der Waals surface area (Å²) in [5, 5.41) is 11.7. The van der Waals surface area contributed by atoms with Gasteiger partial charge < -0.3 is 15.3 Å². The van der Waals surface area contributed by atoms with Gasteiger partial charge in [0.25, 0.3) is 0 Å². The molecule has 0 saturated carbocycles. The third-order valence-corrected chi connectivity index (χ3v) is 2.58. The number of aromatic carboxylic acids is 1. The summed E-state index contributed by atoms with van der Waals surface area (Å²) in [6, 6.07) is 6.72. The number of hydrogen-bond donors (Lipinski definition) is 2. The molecule has 0 atom stereocenters. The van der Waals surface area contributed by atoms with E-state index in [1.165, 1.54) is 0 Å². The van der Waals surface area contributed by atoms with Gasteiger partial charge in [0.1, 0.15) is 0 Å². The number of carbonyl (C=O) groups excluding carboxylic acids is 1. The van der Waals surface area contributed by atoms with Crippen LogP contribution >= 0.6 is 0 Å². The fourth-order valence-electron chi connectivity index (χ4n) is 1.74. The molecule has 98 valence electrons. The Hall–Kier alpha value is -2.04. The van der Waals surface area contributed by atoms with Crippen molar-refractivity contribution in [2.75, 3.05) is 25.0 Å². The van der Waals surface area contributed by atoms with Gasteiger partial charge in [-0.05, 0) is 18.6 Å². The Morgan fingerprint density at radius 1 is 1.33 bits per heavy atom. The molecular formula is C13H18N2O3. The number of rotatable bonds is 6.